The molecule has 0 bridgehead atoms. The Morgan fingerprint density at radius 1 is 1.50 bits per heavy atom. The van der Waals surface area contributed by atoms with Crippen molar-refractivity contribution < 1.29 is 4.79 Å². The largest absolute Gasteiger partial charge is 0.384 e. The Labute approximate surface area is 109 Å². The summed E-state index contributed by atoms with van der Waals surface area (Å²) < 4.78 is 0. The Kier molecular flexibility index (Phi) is 3.88. The van der Waals surface area contributed by atoms with E-state index in [-0.39, 0.29) is 5.91 Å². The van der Waals surface area contributed by atoms with Crippen LogP contribution < -0.4 is 11.1 Å². The van der Waals surface area contributed by atoms with Gasteiger partial charge >= 0.3 is 0 Å². The average molecular weight is 262 g/mol. The number of carbonyl (C=O) groups excluding carboxylic acids is 1. The van der Waals surface area contributed by atoms with Crippen LogP contribution in [-0.4, -0.2) is 15.9 Å². The molecule has 0 saturated heterocycles. The second-order valence-electron chi connectivity index (χ2n) is 3.73. The van der Waals surface area contributed by atoms with Gasteiger partial charge in [-0.2, -0.15) is 0 Å². The fraction of sp³-hybridized carbons (Fsp3) is 0.250. The van der Waals surface area contributed by atoms with Crippen LogP contribution in [0.1, 0.15) is 28.0 Å². The summed E-state index contributed by atoms with van der Waals surface area (Å²) in [5, 5.41) is 5.56. The van der Waals surface area contributed by atoms with Gasteiger partial charge < -0.3 is 11.1 Å². The number of thiazole rings is 1. The molecule has 0 aliphatic carbocycles. The van der Waals surface area contributed by atoms with Crippen molar-refractivity contribution in [2.24, 2.45) is 0 Å². The Morgan fingerprint density at radius 2 is 2.33 bits per heavy atom. The zero-order valence-corrected chi connectivity index (χ0v) is 10.8. The molecule has 0 aliphatic rings. The number of nitrogens with two attached hydrogens (primary N) is 1. The lowest BCUT2D eigenvalue weighted by molar-refractivity contribution is 0.0950. The number of rotatable bonds is 4. The van der Waals surface area contributed by atoms with Crippen LogP contribution in [-0.2, 0) is 13.0 Å². The number of anilines is 1. The van der Waals surface area contributed by atoms with Crippen molar-refractivity contribution in [3.63, 3.8) is 0 Å². The van der Waals surface area contributed by atoms with E-state index in [0.717, 1.165) is 17.1 Å². The molecule has 2 aromatic rings. The highest BCUT2D eigenvalue weighted by Crippen LogP contribution is 2.09. The van der Waals surface area contributed by atoms with Gasteiger partial charge in [0, 0.05) is 22.8 Å². The van der Waals surface area contributed by atoms with E-state index in [0.29, 0.717) is 17.9 Å². The number of pyridine rings is 1. The molecule has 6 heteroatoms. The van der Waals surface area contributed by atoms with Crippen molar-refractivity contribution >= 4 is 23.1 Å². The van der Waals surface area contributed by atoms with E-state index >= 15 is 0 Å². The number of aryl methyl sites for hydroxylation is 1. The van der Waals surface area contributed by atoms with Crippen LogP contribution >= 0.6 is 11.3 Å². The summed E-state index contributed by atoms with van der Waals surface area (Å²) in [6.45, 7) is 2.40. The van der Waals surface area contributed by atoms with Gasteiger partial charge in [0.25, 0.3) is 5.91 Å². The Bertz CT molecular complexity index is 539. The molecule has 0 atom stereocenters. The van der Waals surface area contributed by atoms with Gasteiger partial charge in [-0.3, -0.25) is 4.79 Å². The lowest BCUT2D eigenvalue weighted by Gasteiger charge is -2.06. The minimum absolute atomic E-state index is 0.158. The van der Waals surface area contributed by atoms with Gasteiger partial charge in [0.1, 0.15) is 10.8 Å². The van der Waals surface area contributed by atoms with E-state index in [9.17, 15) is 4.79 Å². The maximum atomic E-state index is 11.9. The van der Waals surface area contributed by atoms with Gasteiger partial charge in [-0.15, -0.1) is 11.3 Å². The fourth-order valence-electron chi connectivity index (χ4n) is 1.52. The standard InChI is InChI=1S/C12H14N4OS/c1-2-9-5-8(6-10(13)16-9)12(17)15-7-11-14-3-4-18-11/h3-6H,2,7H2,1H3,(H2,13,16)(H,15,17). The first-order valence-electron chi connectivity index (χ1n) is 5.62. The molecule has 5 nitrogen and oxygen atoms in total. The van der Waals surface area contributed by atoms with E-state index in [1.807, 2.05) is 12.3 Å². The number of nitrogens with one attached hydrogen (secondary N) is 1. The van der Waals surface area contributed by atoms with E-state index in [1.54, 1.807) is 18.3 Å². The van der Waals surface area contributed by atoms with Gasteiger partial charge in [0.15, 0.2) is 0 Å². The topological polar surface area (TPSA) is 80.9 Å². The van der Waals surface area contributed by atoms with Crippen LogP contribution in [0.15, 0.2) is 23.7 Å². The zero-order chi connectivity index (χ0) is 13.0. The molecule has 0 unspecified atom stereocenters. The number of carbonyl (C=O) groups is 1. The monoisotopic (exact) mass is 262 g/mol. The Balaban J connectivity index is 2.06. The molecule has 2 aromatic heterocycles. The Hall–Kier alpha value is -1.95. The minimum atomic E-state index is -0.158. The number of amides is 1. The lowest BCUT2D eigenvalue weighted by Crippen LogP contribution is -2.23. The highest BCUT2D eigenvalue weighted by molar-refractivity contribution is 7.09. The maximum Gasteiger partial charge on any atom is 0.251 e. The van der Waals surface area contributed by atoms with Gasteiger partial charge in [0.05, 0.1) is 6.54 Å². The molecule has 0 saturated carbocycles. The molecular weight excluding hydrogens is 248 g/mol. The lowest BCUT2D eigenvalue weighted by atomic mass is 10.2. The van der Waals surface area contributed by atoms with Crippen LogP contribution in [0, 0.1) is 0 Å². The molecule has 0 fully saturated rings. The number of aromatic nitrogens is 2. The summed E-state index contributed by atoms with van der Waals surface area (Å²) in [6, 6.07) is 3.34. The average Bonchev–Trinajstić information content (AvgIpc) is 2.88. The molecular formula is C12H14N4OS. The fourth-order valence-corrected chi connectivity index (χ4v) is 2.08. The number of nitrogens with zero attached hydrogens (tertiary/aromatic N) is 2. The van der Waals surface area contributed by atoms with Gasteiger partial charge in [-0.05, 0) is 18.6 Å². The van der Waals surface area contributed by atoms with Gasteiger partial charge in [-0.25, -0.2) is 9.97 Å². The van der Waals surface area contributed by atoms with E-state index in [4.69, 9.17) is 5.73 Å². The molecule has 18 heavy (non-hydrogen) atoms. The number of hydrogen-bond donors (Lipinski definition) is 2. The first-order chi connectivity index (χ1) is 8.69. The van der Waals surface area contributed by atoms with Gasteiger partial charge in [-0.1, -0.05) is 6.92 Å². The molecule has 3 N–H and O–H groups in total. The van der Waals surface area contributed by atoms with E-state index in [1.165, 1.54) is 11.3 Å². The predicted octanol–water partition coefficient (Wildman–Crippen LogP) is 1.61. The summed E-state index contributed by atoms with van der Waals surface area (Å²) in [5.74, 6) is 0.211. The third-order valence-electron chi connectivity index (χ3n) is 2.41. The first kappa shape index (κ1) is 12.5. The van der Waals surface area contributed by atoms with E-state index < -0.39 is 0 Å². The quantitative estimate of drug-likeness (QED) is 0.877. The zero-order valence-electron chi connectivity index (χ0n) is 10.0. The van der Waals surface area contributed by atoms with Crippen LogP contribution in [0.2, 0.25) is 0 Å². The summed E-state index contributed by atoms with van der Waals surface area (Å²) in [6.07, 6.45) is 2.46. The predicted molar refractivity (Wildman–Crippen MR) is 71.3 cm³/mol. The maximum absolute atomic E-state index is 11.9. The second kappa shape index (κ2) is 5.59. The number of hydrogen-bond acceptors (Lipinski definition) is 5. The van der Waals surface area contributed by atoms with E-state index in [2.05, 4.69) is 15.3 Å². The van der Waals surface area contributed by atoms with Gasteiger partial charge in [0.2, 0.25) is 0 Å². The molecule has 0 aliphatic heterocycles. The molecule has 2 rings (SSSR count). The highest BCUT2D eigenvalue weighted by atomic mass is 32.1. The van der Waals surface area contributed by atoms with Crippen molar-refractivity contribution in [3.8, 4) is 0 Å². The van der Waals surface area contributed by atoms with Crippen LogP contribution in [0.25, 0.3) is 0 Å². The SMILES string of the molecule is CCc1cc(C(=O)NCc2nccs2)cc(N)n1. The normalized spacial score (nSPS) is 10.3. The molecule has 94 valence electrons. The summed E-state index contributed by atoms with van der Waals surface area (Å²) in [7, 11) is 0. The summed E-state index contributed by atoms with van der Waals surface area (Å²) in [5.41, 5.74) is 7.01. The molecule has 0 spiro atoms. The smallest absolute Gasteiger partial charge is 0.251 e. The van der Waals surface area contributed by atoms with Crippen molar-refractivity contribution in [2.45, 2.75) is 19.9 Å². The summed E-state index contributed by atoms with van der Waals surface area (Å²) in [4.78, 5) is 20.2. The third-order valence-corrected chi connectivity index (χ3v) is 3.19. The van der Waals surface area contributed by atoms with Crippen molar-refractivity contribution in [3.05, 3.63) is 40.0 Å². The van der Waals surface area contributed by atoms with Crippen molar-refractivity contribution in [1.82, 2.24) is 15.3 Å². The molecule has 0 aromatic carbocycles. The van der Waals surface area contributed by atoms with Crippen LogP contribution in [0.5, 0.6) is 0 Å². The van der Waals surface area contributed by atoms with Crippen molar-refractivity contribution in [2.75, 3.05) is 5.73 Å². The third kappa shape index (κ3) is 3.04. The molecule has 1 amide bonds. The van der Waals surface area contributed by atoms with Crippen molar-refractivity contribution in [1.29, 1.82) is 0 Å². The van der Waals surface area contributed by atoms with Crippen LogP contribution in [0.3, 0.4) is 0 Å². The first-order valence-corrected chi connectivity index (χ1v) is 6.50. The second-order valence-corrected chi connectivity index (χ2v) is 4.71. The molecule has 2 heterocycles. The number of nitrogen functional groups attached to an aromatic ring is 1. The van der Waals surface area contributed by atoms with Crippen LogP contribution in [0.4, 0.5) is 5.82 Å². The Morgan fingerprint density at radius 3 is 3.00 bits per heavy atom. The summed E-state index contributed by atoms with van der Waals surface area (Å²) >= 11 is 1.51. The highest BCUT2D eigenvalue weighted by Gasteiger charge is 2.08. The molecule has 0 radical (unpaired) electrons. The minimum Gasteiger partial charge on any atom is -0.384 e.